The van der Waals surface area contributed by atoms with Crippen LogP contribution in [0.15, 0.2) is 159 Å². The molecule has 64 heavy (non-hydrogen) atoms. The van der Waals surface area contributed by atoms with E-state index in [-0.39, 0.29) is 12.8 Å². The number of rotatable bonds is 6. The van der Waals surface area contributed by atoms with Gasteiger partial charge in [-0.3, -0.25) is 19.1 Å². The molecule has 0 aliphatic heterocycles. The number of pyridine rings is 2. The molecule has 12 rings (SSSR count). The molecule has 0 bridgehead atoms. The zero-order valence-electron chi connectivity index (χ0n) is 33.8. The number of halogens is 2. The number of benzene rings is 6. The van der Waals surface area contributed by atoms with Crippen LogP contribution in [-0.2, 0) is 12.8 Å². The molecule has 0 saturated heterocycles. The van der Waals surface area contributed by atoms with Gasteiger partial charge in [0.05, 0.1) is 70.8 Å². The van der Waals surface area contributed by atoms with Crippen molar-refractivity contribution >= 4 is 65.7 Å². The van der Waals surface area contributed by atoms with E-state index >= 15 is 0 Å². The largest absolute Gasteiger partial charge is 0.361 e. The highest BCUT2D eigenvalue weighted by Gasteiger charge is 2.15. The fraction of sp³-hybridized carbons (Fsp3) is 0.0385. The third kappa shape index (κ3) is 6.63. The second-order valence-electron chi connectivity index (χ2n) is 15.5. The average Bonchev–Trinajstić information content (AvgIpc) is 4.16. The van der Waals surface area contributed by atoms with Gasteiger partial charge in [-0.05, 0) is 118 Å². The van der Waals surface area contributed by atoms with E-state index in [1.165, 1.54) is 12.1 Å². The lowest BCUT2D eigenvalue weighted by atomic mass is 10.0. The molecule has 0 fully saturated rings. The van der Waals surface area contributed by atoms with Gasteiger partial charge in [0.25, 0.3) is 0 Å². The molecule has 0 aliphatic carbocycles. The Balaban J connectivity index is 0.000000143. The lowest BCUT2D eigenvalue weighted by Gasteiger charge is -2.10. The average molecular weight is 835 g/mol. The summed E-state index contributed by atoms with van der Waals surface area (Å²) in [4.78, 5) is 24.5. The molecule has 0 unspecified atom stereocenters. The summed E-state index contributed by atoms with van der Waals surface area (Å²) < 4.78 is 32.8. The minimum atomic E-state index is -0.398. The van der Waals surface area contributed by atoms with E-state index in [9.17, 15) is 8.78 Å². The van der Waals surface area contributed by atoms with Crippen LogP contribution in [-0.4, -0.2) is 39.0 Å². The van der Waals surface area contributed by atoms with Crippen LogP contribution in [0.1, 0.15) is 11.1 Å². The van der Waals surface area contributed by atoms with Gasteiger partial charge in [-0.25, -0.2) is 18.7 Å². The van der Waals surface area contributed by atoms with E-state index in [0.29, 0.717) is 22.5 Å². The molecule has 0 atom stereocenters. The topological polar surface area (TPSA) is 141 Å². The number of imidazole rings is 2. The number of nitrogens with zero attached hydrogens (tertiary/aromatic N) is 8. The van der Waals surface area contributed by atoms with Crippen LogP contribution < -0.4 is 0 Å². The normalized spacial score (nSPS) is 11.4. The molecule has 12 aromatic rings. The van der Waals surface area contributed by atoms with Gasteiger partial charge in [0.1, 0.15) is 35.3 Å². The van der Waals surface area contributed by atoms with E-state index in [0.717, 1.165) is 87.9 Å². The maximum absolute atomic E-state index is 14.5. The molecular formula is C52H32F2N10. The van der Waals surface area contributed by atoms with Gasteiger partial charge in [-0.2, -0.15) is 10.5 Å². The Labute approximate surface area is 363 Å². The highest BCUT2D eigenvalue weighted by atomic mass is 19.1. The zero-order chi connectivity index (χ0) is 43.3. The van der Waals surface area contributed by atoms with E-state index in [1.54, 1.807) is 37.2 Å². The van der Waals surface area contributed by atoms with Crippen LogP contribution in [0.2, 0.25) is 0 Å². The Kier molecular flexibility index (Phi) is 9.18. The number of nitriles is 2. The zero-order valence-corrected chi connectivity index (χ0v) is 33.8. The molecule has 10 nitrogen and oxygen atoms in total. The molecular weight excluding hydrogens is 803 g/mol. The number of aromatic amines is 2. The van der Waals surface area contributed by atoms with Crippen molar-refractivity contribution < 1.29 is 8.78 Å². The van der Waals surface area contributed by atoms with Crippen LogP contribution in [0.3, 0.4) is 0 Å². The van der Waals surface area contributed by atoms with Crippen LogP contribution >= 0.6 is 0 Å². The van der Waals surface area contributed by atoms with Gasteiger partial charge in [-0.15, -0.1) is 0 Å². The second kappa shape index (κ2) is 15.5. The molecule has 12 heteroatoms. The Hall–Kier alpha value is -9.00. The summed E-state index contributed by atoms with van der Waals surface area (Å²) in [5.41, 5.74) is 13.5. The molecule has 6 aromatic heterocycles. The molecule has 0 spiro atoms. The molecule has 6 aromatic carbocycles. The number of hydrogen-bond donors (Lipinski definition) is 2. The number of fused-ring (bicyclic) bond motifs is 8. The predicted molar refractivity (Wildman–Crippen MR) is 246 cm³/mol. The lowest BCUT2D eigenvalue weighted by Crippen LogP contribution is -1.97. The summed E-state index contributed by atoms with van der Waals surface area (Å²) >= 11 is 0. The van der Waals surface area contributed by atoms with Gasteiger partial charge in [0, 0.05) is 45.3 Å². The first-order chi connectivity index (χ1) is 31.4. The minimum Gasteiger partial charge on any atom is -0.361 e. The first kappa shape index (κ1) is 38.0. The maximum Gasteiger partial charge on any atom is 0.129 e. The first-order valence-electron chi connectivity index (χ1n) is 20.4. The first-order valence-corrected chi connectivity index (χ1v) is 20.4. The van der Waals surface area contributed by atoms with Crippen LogP contribution in [0.25, 0.3) is 99.3 Å². The smallest absolute Gasteiger partial charge is 0.129 e. The molecule has 0 saturated carbocycles. The highest BCUT2D eigenvalue weighted by molar-refractivity contribution is 6.06. The molecule has 0 amide bonds. The second-order valence-corrected chi connectivity index (χ2v) is 15.5. The summed E-state index contributed by atoms with van der Waals surface area (Å²) in [6.07, 6.45) is 10.8. The SMILES string of the molecule is N#CCc1ccc(-n2cnc3cnc4ccc(-c5ccc6[nH]ccc6c5)cc4c32)cc1F.N#CCc1ccc(-n2cnc3cnc4ccc(-c5ccc6[nH]ccc6c5)cc4c32)cc1F. The van der Waals surface area contributed by atoms with E-state index in [4.69, 9.17) is 10.5 Å². The third-order valence-electron chi connectivity index (χ3n) is 11.7. The van der Waals surface area contributed by atoms with Gasteiger partial charge < -0.3 is 9.97 Å². The predicted octanol–water partition coefficient (Wildman–Crippen LogP) is 11.9. The number of aromatic nitrogens is 8. The van der Waals surface area contributed by atoms with Crippen molar-refractivity contribution in [1.82, 2.24) is 39.0 Å². The highest BCUT2D eigenvalue weighted by Crippen LogP contribution is 2.34. The van der Waals surface area contributed by atoms with Crippen LogP contribution in [0.4, 0.5) is 8.78 Å². The standard InChI is InChI=1S/2C26H16FN5/c2*27-22-13-20(4-1-16(22)7-9-28)32-15-31-25-14-30-24-6-3-18(12-21(24)26(25)32)17-2-5-23-19(11-17)8-10-29-23/h2*1-6,8,10-15,29H,7H2. The Bertz CT molecular complexity index is 3630. The van der Waals surface area contributed by atoms with Crippen molar-refractivity contribution in [3.63, 3.8) is 0 Å². The maximum atomic E-state index is 14.5. The van der Waals surface area contributed by atoms with Crippen molar-refractivity contribution in [2.24, 2.45) is 0 Å². The Morgan fingerprint density at radius 3 is 1.34 bits per heavy atom. The van der Waals surface area contributed by atoms with Crippen LogP contribution in [0, 0.1) is 34.3 Å². The van der Waals surface area contributed by atoms with E-state index in [1.807, 2.05) is 57.9 Å². The van der Waals surface area contributed by atoms with Gasteiger partial charge in [0.2, 0.25) is 0 Å². The summed E-state index contributed by atoms with van der Waals surface area (Å²) in [5.74, 6) is -0.797. The van der Waals surface area contributed by atoms with Crippen LogP contribution in [0.5, 0.6) is 0 Å². The van der Waals surface area contributed by atoms with Crippen molar-refractivity contribution in [2.45, 2.75) is 12.8 Å². The van der Waals surface area contributed by atoms with E-state index < -0.39 is 11.6 Å². The quantitative estimate of drug-likeness (QED) is 0.171. The number of H-pyrrole nitrogens is 2. The fourth-order valence-electron chi connectivity index (χ4n) is 8.43. The van der Waals surface area contributed by atoms with Crippen molar-refractivity contribution in [2.75, 3.05) is 0 Å². The molecule has 6 heterocycles. The Morgan fingerprint density at radius 2 is 0.906 bits per heavy atom. The van der Waals surface area contributed by atoms with Crippen molar-refractivity contribution in [3.05, 3.63) is 182 Å². The van der Waals surface area contributed by atoms with Crippen molar-refractivity contribution in [1.29, 1.82) is 10.5 Å². The molecule has 304 valence electrons. The molecule has 0 radical (unpaired) electrons. The minimum absolute atomic E-state index is 0.0402. The summed E-state index contributed by atoms with van der Waals surface area (Å²) in [7, 11) is 0. The summed E-state index contributed by atoms with van der Waals surface area (Å²) in [5, 5.41) is 21.9. The number of nitrogens with one attached hydrogen (secondary N) is 2. The van der Waals surface area contributed by atoms with Gasteiger partial charge in [-0.1, -0.05) is 36.4 Å². The summed E-state index contributed by atoms with van der Waals surface area (Å²) in [6, 6.07) is 42.9. The lowest BCUT2D eigenvalue weighted by molar-refractivity contribution is 0.614. The van der Waals surface area contributed by atoms with E-state index in [2.05, 4.69) is 103 Å². The number of hydrogen-bond acceptors (Lipinski definition) is 6. The molecule has 2 N–H and O–H groups in total. The third-order valence-corrected chi connectivity index (χ3v) is 11.7. The monoisotopic (exact) mass is 834 g/mol. The Morgan fingerprint density at radius 1 is 0.469 bits per heavy atom. The van der Waals surface area contributed by atoms with Gasteiger partial charge >= 0.3 is 0 Å². The summed E-state index contributed by atoms with van der Waals surface area (Å²) in [6.45, 7) is 0. The van der Waals surface area contributed by atoms with Gasteiger partial charge in [0.15, 0.2) is 0 Å². The van der Waals surface area contributed by atoms with Crippen molar-refractivity contribution in [3.8, 4) is 45.8 Å². The molecule has 0 aliphatic rings. The fourth-order valence-corrected chi connectivity index (χ4v) is 8.43.